The molecule has 1 unspecified atom stereocenters. The number of hydrogen-bond acceptors (Lipinski definition) is 4. The third kappa shape index (κ3) is 5.14. The molecule has 0 amide bonds. The molecule has 0 aromatic carbocycles. The lowest BCUT2D eigenvalue weighted by Gasteiger charge is -2.24. The van der Waals surface area contributed by atoms with Gasteiger partial charge in [-0.1, -0.05) is 0 Å². The van der Waals surface area contributed by atoms with E-state index in [-0.39, 0.29) is 29.6 Å². The molecule has 1 aromatic heterocycles. The molecule has 21 heavy (non-hydrogen) atoms. The van der Waals surface area contributed by atoms with Crippen LogP contribution in [0.25, 0.3) is 0 Å². The van der Waals surface area contributed by atoms with Gasteiger partial charge in [-0.05, 0) is 33.6 Å². The second kappa shape index (κ2) is 7.98. The van der Waals surface area contributed by atoms with Crippen LogP contribution in [0.5, 0.6) is 0 Å². The van der Waals surface area contributed by atoms with E-state index >= 15 is 0 Å². The summed E-state index contributed by atoms with van der Waals surface area (Å²) in [6.07, 6.45) is 2.20. The second-order valence-corrected chi connectivity index (χ2v) is 5.43. The third-order valence-corrected chi connectivity index (χ3v) is 3.63. The molecule has 1 aliphatic rings. The molecule has 1 aliphatic heterocycles. The molecule has 1 aromatic rings. The maximum Gasteiger partial charge on any atom is 0.214 e. The zero-order valence-electron chi connectivity index (χ0n) is 13.2. The Morgan fingerprint density at radius 3 is 2.67 bits per heavy atom. The maximum atomic E-state index is 5.74. The Labute approximate surface area is 143 Å². The first-order chi connectivity index (χ1) is 9.52. The summed E-state index contributed by atoms with van der Waals surface area (Å²) in [5.74, 6) is 2.26. The minimum absolute atomic E-state index is 0. The topological polar surface area (TPSA) is 71.7 Å². The van der Waals surface area contributed by atoms with Crippen LogP contribution in [0, 0.1) is 13.8 Å². The fourth-order valence-corrected chi connectivity index (χ4v) is 2.24. The van der Waals surface area contributed by atoms with Gasteiger partial charge in [-0.3, -0.25) is 4.99 Å². The van der Waals surface area contributed by atoms with E-state index in [4.69, 9.17) is 9.15 Å². The van der Waals surface area contributed by atoms with Crippen LogP contribution in [0.3, 0.4) is 0 Å². The molecule has 120 valence electrons. The van der Waals surface area contributed by atoms with Crippen LogP contribution >= 0.6 is 24.0 Å². The Morgan fingerprint density at radius 1 is 1.38 bits per heavy atom. The molecular formula is C14H25IN4O2. The summed E-state index contributed by atoms with van der Waals surface area (Å²) in [5, 5.41) is 6.48. The van der Waals surface area contributed by atoms with Gasteiger partial charge in [0.2, 0.25) is 5.89 Å². The van der Waals surface area contributed by atoms with Crippen LogP contribution in [0.15, 0.2) is 9.41 Å². The zero-order valence-corrected chi connectivity index (χ0v) is 15.5. The standard InChI is InChI=1S/C14H24N4O2.HI/c1-10-11(2)20-12(18-10)8-16-13(15-4)17-9-14(3)6-5-7-19-14;/h5-9H2,1-4H3,(H2,15,16,17);1H. The van der Waals surface area contributed by atoms with Crippen molar-refractivity contribution in [2.45, 2.75) is 45.8 Å². The van der Waals surface area contributed by atoms with Crippen LogP contribution in [-0.4, -0.2) is 36.7 Å². The zero-order chi connectivity index (χ0) is 14.6. The van der Waals surface area contributed by atoms with E-state index in [1.165, 1.54) is 0 Å². The number of ether oxygens (including phenoxy) is 1. The quantitative estimate of drug-likeness (QED) is 0.454. The molecule has 0 bridgehead atoms. The Balaban J connectivity index is 0.00000220. The van der Waals surface area contributed by atoms with Crippen LogP contribution in [-0.2, 0) is 11.3 Å². The van der Waals surface area contributed by atoms with Crippen LogP contribution in [0.2, 0.25) is 0 Å². The van der Waals surface area contributed by atoms with Gasteiger partial charge in [0.05, 0.1) is 17.8 Å². The summed E-state index contributed by atoms with van der Waals surface area (Å²) in [5.41, 5.74) is 0.838. The number of aryl methyl sites for hydroxylation is 2. The minimum Gasteiger partial charge on any atom is -0.444 e. The number of rotatable bonds is 4. The largest absolute Gasteiger partial charge is 0.444 e. The highest BCUT2D eigenvalue weighted by molar-refractivity contribution is 14.0. The number of hydrogen-bond donors (Lipinski definition) is 2. The molecule has 7 heteroatoms. The van der Waals surface area contributed by atoms with E-state index in [0.29, 0.717) is 12.4 Å². The fraction of sp³-hybridized carbons (Fsp3) is 0.714. The first kappa shape index (κ1) is 18.2. The summed E-state index contributed by atoms with van der Waals surface area (Å²) < 4.78 is 11.3. The number of halogens is 1. The van der Waals surface area contributed by atoms with E-state index in [1.807, 2.05) is 13.8 Å². The molecule has 0 aliphatic carbocycles. The molecule has 1 saturated heterocycles. The summed E-state index contributed by atoms with van der Waals surface area (Å²) in [7, 11) is 1.75. The highest BCUT2D eigenvalue weighted by Gasteiger charge is 2.29. The first-order valence-corrected chi connectivity index (χ1v) is 7.04. The van der Waals surface area contributed by atoms with Crippen molar-refractivity contribution in [2.75, 3.05) is 20.2 Å². The average Bonchev–Trinajstić information content (AvgIpc) is 2.98. The van der Waals surface area contributed by atoms with Crippen molar-refractivity contribution in [3.63, 3.8) is 0 Å². The molecule has 1 atom stereocenters. The smallest absolute Gasteiger partial charge is 0.214 e. The number of nitrogens with zero attached hydrogens (tertiary/aromatic N) is 2. The molecule has 0 spiro atoms. The third-order valence-electron chi connectivity index (χ3n) is 3.63. The van der Waals surface area contributed by atoms with E-state index in [9.17, 15) is 0 Å². The highest BCUT2D eigenvalue weighted by Crippen LogP contribution is 2.23. The van der Waals surface area contributed by atoms with Gasteiger partial charge in [0, 0.05) is 20.2 Å². The van der Waals surface area contributed by atoms with E-state index in [1.54, 1.807) is 7.05 Å². The lowest BCUT2D eigenvalue weighted by Crippen LogP contribution is -2.45. The van der Waals surface area contributed by atoms with Gasteiger partial charge in [0.25, 0.3) is 0 Å². The summed E-state index contributed by atoms with van der Waals surface area (Å²) in [6.45, 7) is 8.09. The first-order valence-electron chi connectivity index (χ1n) is 7.04. The van der Waals surface area contributed by atoms with Crippen molar-refractivity contribution in [1.82, 2.24) is 15.6 Å². The van der Waals surface area contributed by atoms with Gasteiger partial charge in [0.1, 0.15) is 5.76 Å². The number of nitrogens with one attached hydrogen (secondary N) is 2. The number of aromatic nitrogens is 1. The molecule has 2 rings (SSSR count). The number of oxazole rings is 1. The Hall–Kier alpha value is -0.830. The predicted molar refractivity (Wildman–Crippen MR) is 93.2 cm³/mol. The normalized spacial score (nSPS) is 22.0. The SMILES string of the molecule is CN=C(NCc1nc(C)c(C)o1)NCC1(C)CCCO1.I. The molecule has 0 saturated carbocycles. The van der Waals surface area contributed by atoms with E-state index < -0.39 is 0 Å². The van der Waals surface area contributed by atoms with Crippen molar-refractivity contribution in [1.29, 1.82) is 0 Å². The van der Waals surface area contributed by atoms with E-state index in [2.05, 4.69) is 27.5 Å². The van der Waals surface area contributed by atoms with Crippen LogP contribution < -0.4 is 10.6 Å². The number of guanidine groups is 1. The Morgan fingerprint density at radius 2 is 2.14 bits per heavy atom. The average molecular weight is 408 g/mol. The van der Waals surface area contributed by atoms with Crippen LogP contribution in [0.1, 0.15) is 37.1 Å². The molecule has 2 heterocycles. The summed E-state index contributed by atoms with van der Waals surface area (Å²) in [6, 6.07) is 0. The van der Waals surface area contributed by atoms with Gasteiger partial charge in [-0.25, -0.2) is 4.98 Å². The second-order valence-electron chi connectivity index (χ2n) is 5.43. The van der Waals surface area contributed by atoms with E-state index in [0.717, 1.165) is 43.4 Å². The molecule has 2 N–H and O–H groups in total. The monoisotopic (exact) mass is 408 g/mol. The highest BCUT2D eigenvalue weighted by atomic mass is 127. The predicted octanol–water partition coefficient (Wildman–Crippen LogP) is 2.14. The van der Waals surface area contributed by atoms with Crippen molar-refractivity contribution in [2.24, 2.45) is 4.99 Å². The van der Waals surface area contributed by atoms with Gasteiger partial charge >= 0.3 is 0 Å². The summed E-state index contributed by atoms with van der Waals surface area (Å²) in [4.78, 5) is 8.52. The fourth-order valence-electron chi connectivity index (χ4n) is 2.24. The van der Waals surface area contributed by atoms with Gasteiger partial charge in [0.15, 0.2) is 5.96 Å². The molecule has 6 nitrogen and oxygen atoms in total. The molecule has 0 radical (unpaired) electrons. The lowest BCUT2D eigenvalue weighted by molar-refractivity contribution is 0.0243. The van der Waals surface area contributed by atoms with Crippen molar-refractivity contribution in [3.05, 3.63) is 17.3 Å². The van der Waals surface area contributed by atoms with Gasteiger partial charge < -0.3 is 19.8 Å². The van der Waals surface area contributed by atoms with Crippen molar-refractivity contribution < 1.29 is 9.15 Å². The van der Waals surface area contributed by atoms with Crippen molar-refractivity contribution in [3.8, 4) is 0 Å². The van der Waals surface area contributed by atoms with Gasteiger partial charge in [-0.2, -0.15) is 0 Å². The Bertz CT molecular complexity index is 462. The number of aliphatic imine (C=N–C) groups is 1. The van der Waals surface area contributed by atoms with Crippen molar-refractivity contribution >= 4 is 29.9 Å². The minimum atomic E-state index is -0.0896. The molecular weight excluding hydrogens is 383 g/mol. The molecule has 1 fully saturated rings. The van der Waals surface area contributed by atoms with Gasteiger partial charge in [-0.15, -0.1) is 24.0 Å². The lowest BCUT2D eigenvalue weighted by atomic mass is 10.0. The van der Waals surface area contributed by atoms with Crippen LogP contribution in [0.4, 0.5) is 0 Å². The maximum absolute atomic E-state index is 5.74. The Kier molecular flexibility index (Phi) is 6.92. The summed E-state index contributed by atoms with van der Waals surface area (Å²) >= 11 is 0.